The van der Waals surface area contributed by atoms with Crippen LogP contribution in [0.1, 0.15) is 28.9 Å². The number of nitrogens with one attached hydrogen (secondary N) is 1. The van der Waals surface area contributed by atoms with Gasteiger partial charge in [-0.2, -0.15) is 0 Å². The van der Waals surface area contributed by atoms with Crippen LogP contribution >= 0.6 is 0 Å². The van der Waals surface area contributed by atoms with E-state index in [1.807, 2.05) is 20.0 Å². The largest absolute Gasteiger partial charge is 0.345 e. The first-order chi connectivity index (χ1) is 13.8. The summed E-state index contributed by atoms with van der Waals surface area (Å²) in [4.78, 5) is 12.5. The van der Waals surface area contributed by atoms with E-state index in [0.29, 0.717) is 23.6 Å². The number of rotatable bonds is 7. The third-order valence-electron chi connectivity index (χ3n) is 4.63. The van der Waals surface area contributed by atoms with E-state index in [1.165, 1.54) is 28.6 Å². The van der Waals surface area contributed by atoms with Crippen LogP contribution in [0.2, 0.25) is 0 Å². The van der Waals surface area contributed by atoms with Crippen molar-refractivity contribution < 1.29 is 13.2 Å². The van der Waals surface area contributed by atoms with Gasteiger partial charge in [-0.25, -0.2) is 8.42 Å². The highest BCUT2D eigenvalue weighted by Crippen LogP contribution is 2.23. The molecule has 0 radical (unpaired) electrons. The Kier molecular flexibility index (Phi) is 5.97. The molecule has 0 aliphatic rings. The van der Waals surface area contributed by atoms with Crippen molar-refractivity contribution in [3.8, 4) is 0 Å². The van der Waals surface area contributed by atoms with Crippen LogP contribution in [-0.4, -0.2) is 35.6 Å². The van der Waals surface area contributed by atoms with Crippen molar-refractivity contribution in [3.05, 3.63) is 71.8 Å². The second-order valence-corrected chi connectivity index (χ2v) is 8.30. The van der Waals surface area contributed by atoms with Gasteiger partial charge in [-0.3, -0.25) is 9.10 Å². The lowest BCUT2D eigenvalue weighted by atomic mass is 10.2. The summed E-state index contributed by atoms with van der Waals surface area (Å²) < 4.78 is 29.1. The van der Waals surface area contributed by atoms with Gasteiger partial charge in [0, 0.05) is 19.2 Å². The first-order valence-electron chi connectivity index (χ1n) is 9.15. The zero-order valence-electron chi connectivity index (χ0n) is 16.5. The minimum Gasteiger partial charge on any atom is -0.345 e. The van der Waals surface area contributed by atoms with E-state index in [4.69, 9.17) is 0 Å². The Labute approximate surface area is 170 Å². The molecule has 152 valence electrons. The summed E-state index contributed by atoms with van der Waals surface area (Å²) in [6, 6.07) is 14.8. The third-order valence-corrected chi connectivity index (χ3v) is 6.54. The zero-order valence-corrected chi connectivity index (χ0v) is 17.3. The average molecular weight is 414 g/mol. The molecule has 1 N–H and O–H groups in total. The monoisotopic (exact) mass is 413 g/mol. The molecule has 0 unspecified atom stereocenters. The van der Waals surface area contributed by atoms with Gasteiger partial charge in [0.05, 0.1) is 17.1 Å². The topological polar surface area (TPSA) is 97.2 Å². The van der Waals surface area contributed by atoms with Gasteiger partial charge in [0.15, 0.2) is 5.82 Å². The summed E-state index contributed by atoms with van der Waals surface area (Å²) in [5.41, 5.74) is 0.960. The fourth-order valence-electron chi connectivity index (χ4n) is 2.86. The van der Waals surface area contributed by atoms with E-state index in [2.05, 4.69) is 15.5 Å². The Morgan fingerprint density at radius 2 is 1.72 bits per heavy atom. The third kappa shape index (κ3) is 4.29. The number of hydrogen-bond donors (Lipinski definition) is 1. The molecule has 0 spiro atoms. The van der Waals surface area contributed by atoms with Crippen molar-refractivity contribution >= 4 is 21.6 Å². The molecule has 0 aliphatic heterocycles. The van der Waals surface area contributed by atoms with Crippen molar-refractivity contribution in [2.24, 2.45) is 7.05 Å². The lowest BCUT2D eigenvalue weighted by Gasteiger charge is -2.23. The van der Waals surface area contributed by atoms with Gasteiger partial charge in [0.25, 0.3) is 15.9 Å². The number of anilines is 1. The zero-order chi connectivity index (χ0) is 21.0. The summed E-state index contributed by atoms with van der Waals surface area (Å²) in [6.45, 7) is 4.13. The summed E-state index contributed by atoms with van der Waals surface area (Å²) in [5, 5.41) is 10.7. The first-order valence-corrected chi connectivity index (χ1v) is 10.6. The van der Waals surface area contributed by atoms with Gasteiger partial charge in [-0.15, -0.1) is 10.2 Å². The number of carbonyl (C=O) groups is 1. The second-order valence-electron chi connectivity index (χ2n) is 6.43. The number of aromatic nitrogens is 3. The molecule has 0 fully saturated rings. The Balaban J connectivity index is 1.74. The number of carbonyl (C=O) groups excluding carboxylic acids is 1. The Bertz CT molecular complexity index is 1090. The van der Waals surface area contributed by atoms with Crippen LogP contribution in [-0.2, 0) is 23.6 Å². The average Bonchev–Trinajstić information content (AvgIpc) is 3.05. The maximum Gasteiger partial charge on any atom is 0.264 e. The molecule has 1 aromatic heterocycles. The molecule has 9 heteroatoms. The van der Waals surface area contributed by atoms with E-state index in [-0.39, 0.29) is 17.3 Å². The number of hydrogen-bond acceptors (Lipinski definition) is 5. The molecule has 29 heavy (non-hydrogen) atoms. The Morgan fingerprint density at radius 3 is 2.28 bits per heavy atom. The van der Waals surface area contributed by atoms with E-state index in [0.717, 1.165) is 5.82 Å². The van der Waals surface area contributed by atoms with Crippen molar-refractivity contribution in [2.75, 3.05) is 10.8 Å². The van der Waals surface area contributed by atoms with Crippen molar-refractivity contribution in [2.45, 2.75) is 25.3 Å². The molecular formula is C20H23N5O3S. The van der Waals surface area contributed by atoms with Crippen LogP contribution in [0.5, 0.6) is 0 Å². The molecule has 0 bridgehead atoms. The molecule has 1 amide bonds. The second kappa shape index (κ2) is 8.44. The van der Waals surface area contributed by atoms with Gasteiger partial charge in [-0.1, -0.05) is 18.2 Å². The first kappa shape index (κ1) is 20.5. The normalized spacial score (nSPS) is 11.3. The summed E-state index contributed by atoms with van der Waals surface area (Å²) in [6.07, 6.45) is 0. The van der Waals surface area contributed by atoms with Gasteiger partial charge >= 0.3 is 0 Å². The highest BCUT2D eigenvalue weighted by molar-refractivity contribution is 7.92. The smallest absolute Gasteiger partial charge is 0.264 e. The molecule has 3 aromatic rings. The van der Waals surface area contributed by atoms with Crippen LogP contribution in [0.4, 0.5) is 5.69 Å². The number of para-hydroxylation sites is 1. The van der Waals surface area contributed by atoms with Crippen LogP contribution in [0.3, 0.4) is 0 Å². The molecule has 1 heterocycles. The van der Waals surface area contributed by atoms with Crippen molar-refractivity contribution in [1.82, 2.24) is 20.1 Å². The van der Waals surface area contributed by atoms with E-state index in [9.17, 15) is 13.2 Å². The maximum absolute atomic E-state index is 13.0. The van der Waals surface area contributed by atoms with Crippen LogP contribution in [0, 0.1) is 6.92 Å². The molecule has 0 saturated heterocycles. The SMILES string of the molecule is CCN(c1ccccc1)S(=O)(=O)c1ccc(C(=O)NCc2nnc(C)n2C)cc1. The molecule has 8 nitrogen and oxygen atoms in total. The lowest BCUT2D eigenvalue weighted by Crippen LogP contribution is -2.30. The number of amides is 1. The lowest BCUT2D eigenvalue weighted by molar-refractivity contribution is 0.0949. The fraction of sp³-hybridized carbons (Fsp3) is 0.250. The molecule has 0 aliphatic carbocycles. The maximum atomic E-state index is 13.0. The van der Waals surface area contributed by atoms with E-state index in [1.54, 1.807) is 35.8 Å². The quantitative estimate of drug-likeness (QED) is 0.641. The van der Waals surface area contributed by atoms with Gasteiger partial charge in [-0.05, 0) is 50.2 Å². The standard InChI is InChI=1S/C20H23N5O3S/c1-4-25(17-8-6-5-7-9-17)29(27,28)18-12-10-16(11-13-18)20(26)21-14-19-23-22-15(2)24(19)3/h5-13H,4,14H2,1-3H3,(H,21,26). The van der Waals surface area contributed by atoms with Crippen LogP contribution in [0.25, 0.3) is 0 Å². The minimum atomic E-state index is -3.72. The van der Waals surface area contributed by atoms with Gasteiger partial charge in [0.2, 0.25) is 0 Å². The highest BCUT2D eigenvalue weighted by Gasteiger charge is 2.23. The predicted molar refractivity (Wildman–Crippen MR) is 110 cm³/mol. The number of benzene rings is 2. The minimum absolute atomic E-state index is 0.128. The van der Waals surface area contributed by atoms with Crippen LogP contribution < -0.4 is 9.62 Å². The fourth-order valence-corrected chi connectivity index (χ4v) is 4.33. The Hall–Kier alpha value is -3.20. The molecule has 2 aromatic carbocycles. The molecular weight excluding hydrogens is 390 g/mol. The van der Waals surface area contributed by atoms with Crippen LogP contribution in [0.15, 0.2) is 59.5 Å². The molecule has 0 atom stereocenters. The van der Waals surface area contributed by atoms with E-state index >= 15 is 0 Å². The highest BCUT2D eigenvalue weighted by atomic mass is 32.2. The molecule has 0 saturated carbocycles. The van der Waals surface area contributed by atoms with Crippen molar-refractivity contribution in [3.63, 3.8) is 0 Å². The van der Waals surface area contributed by atoms with Gasteiger partial charge < -0.3 is 9.88 Å². The van der Waals surface area contributed by atoms with Crippen molar-refractivity contribution in [1.29, 1.82) is 0 Å². The number of nitrogens with zero attached hydrogens (tertiary/aromatic N) is 4. The van der Waals surface area contributed by atoms with E-state index < -0.39 is 10.0 Å². The Morgan fingerprint density at radius 1 is 1.07 bits per heavy atom. The number of sulfonamides is 1. The summed E-state index contributed by atoms with van der Waals surface area (Å²) in [5.74, 6) is 1.07. The predicted octanol–water partition coefficient (Wildman–Crippen LogP) is 2.27. The summed E-state index contributed by atoms with van der Waals surface area (Å²) >= 11 is 0. The van der Waals surface area contributed by atoms with Gasteiger partial charge in [0.1, 0.15) is 5.82 Å². The summed E-state index contributed by atoms with van der Waals surface area (Å²) in [7, 11) is -1.90. The number of aryl methyl sites for hydroxylation is 1. The molecule has 3 rings (SSSR count).